The van der Waals surface area contributed by atoms with Crippen LogP contribution in [0.2, 0.25) is 0 Å². The Bertz CT molecular complexity index is 7740. The molecule has 0 amide bonds. The van der Waals surface area contributed by atoms with Gasteiger partial charge >= 0.3 is 0 Å². The molecule has 0 saturated heterocycles. The second-order valence-electron chi connectivity index (χ2n) is 35.1. The number of benzene rings is 18. The second kappa shape index (κ2) is 32.4. The SMILES string of the molecule is CC1(C)c2ccccc2-c2ccc3c(-c4cccc(-c5nc(-c6ccccc6)nc(-c6ccccc6)n5)c4)cccc3c21.CC1(C)c2ccccc2-c2ccc3cc(-c4ccc(-c5nc(-c6ccccc6)nc(-c6ccccc6)n5)cc4)ccc3c21.CC1(C)c2ccccc2-c2ccc3cc(-c4cccc(-c5nc(-c6ccccc6)nc(-c6ccccc6)n5)c4)ccc3c21. The van der Waals surface area contributed by atoms with Crippen LogP contribution in [0.3, 0.4) is 0 Å². The number of hydrogen-bond acceptors (Lipinski definition) is 9. The molecule has 3 aliphatic rings. The van der Waals surface area contributed by atoms with Crippen molar-refractivity contribution in [3.05, 3.63) is 452 Å². The predicted octanol–water partition coefficient (Wildman–Crippen LogP) is 30.0. The van der Waals surface area contributed by atoms with Crippen LogP contribution in [-0.4, -0.2) is 44.9 Å². The Kier molecular flexibility index (Phi) is 19.8. The fourth-order valence-corrected chi connectivity index (χ4v) is 19.8. The summed E-state index contributed by atoms with van der Waals surface area (Å²) in [6.45, 7) is 14.1. The Morgan fingerprint density at radius 2 is 0.372 bits per heavy atom. The van der Waals surface area contributed by atoms with Gasteiger partial charge in [-0.3, -0.25) is 0 Å². The first-order valence-corrected chi connectivity index (χ1v) is 44.1. The highest BCUT2D eigenvalue weighted by atomic mass is 15.1. The zero-order valence-electron chi connectivity index (χ0n) is 72.4. The normalized spacial score (nSPS) is 13.1. The molecule has 0 N–H and O–H groups in total. The lowest BCUT2D eigenvalue weighted by molar-refractivity contribution is 0.666. The molecule has 21 aromatic rings. The van der Waals surface area contributed by atoms with Crippen LogP contribution < -0.4 is 0 Å². The van der Waals surface area contributed by atoms with Crippen molar-refractivity contribution in [2.75, 3.05) is 0 Å². The predicted molar refractivity (Wildman–Crippen MR) is 530 cm³/mol. The first-order chi connectivity index (χ1) is 63.2. The lowest BCUT2D eigenvalue weighted by Crippen LogP contribution is -2.15. The van der Waals surface area contributed by atoms with Crippen LogP contribution in [0.25, 0.3) is 202 Å². The van der Waals surface area contributed by atoms with Gasteiger partial charge in [0.05, 0.1) is 0 Å². The minimum Gasteiger partial charge on any atom is -0.208 e. The summed E-state index contributed by atoms with van der Waals surface area (Å²) in [5.74, 6) is 5.97. The average Bonchev–Trinajstić information content (AvgIpc) is 1.57. The molecule has 3 heterocycles. The minimum absolute atomic E-state index is 0.0314. The van der Waals surface area contributed by atoms with E-state index in [2.05, 4.69) is 278 Å². The number of nitrogens with zero attached hydrogens (tertiary/aromatic N) is 9. The molecule has 0 unspecified atom stereocenters. The number of fused-ring (bicyclic) bond motifs is 15. The Morgan fingerprint density at radius 3 is 0.736 bits per heavy atom. The second-order valence-corrected chi connectivity index (χ2v) is 35.1. The molecule has 612 valence electrons. The molecule has 9 nitrogen and oxygen atoms in total. The van der Waals surface area contributed by atoms with Crippen LogP contribution in [-0.2, 0) is 16.2 Å². The molecule has 3 aliphatic carbocycles. The molecule has 0 aliphatic heterocycles. The van der Waals surface area contributed by atoms with Crippen LogP contribution in [0.4, 0.5) is 0 Å². The van der Waals surface area contributed by atoms with Gasteiger partial charge in [-0.25, -0.2) is 44.9 Å². The van der Waals surface area contributed by atoms with E-state index in [1.54, 1.807) is 0 Å². The van der Waals surface area contributed by atoms with E-state index < -0.39 is 0 Å². The fourth-order valence-electron chi connectivity index (χ4n) is 19.8. The molecule has 3 aromatic heterocycles. The molecule has 24 rings (SSSR count). The summed E-state index contributed by atoms with van der Waals surface area (Å²) in [6.07, 6.45) is 0. The van der Waals surface area contributed by atoms with Crippen molar-refractivity contribution in [3.63, 3.8) is 0 Å². The van der Waals surface area contributed by atoms with Gasteiger partial charge in [-0.2, -0.15) is 0 Å². The standard InChI is InChI=1S/3C40H29N3/c1-40(2)35-22-10-9-19-32(35)34-24-23-31-30(20-12-21-33(31)36(34)40)28-17-11-18-29(25-28)39-42-37(26-13-5-3-6-14-26)41-38(43-39)27-15-7-4-8-16-27;1-40(2)35-19-10-9-18-33(35)34-23-21-30-24-29(20-22-32(30)36(34)40)28-16-11-17-31(25-28)39-42-37(26-12-5-3-6-13-26)41-38(43-39)27-14-7-4-8-15-27;1-40(2)35-16-10-9-15-33(35)34-24-22-31-25-30(21-23-32(31)36(34)40)26-17-19-29(20-18-26)39-42-37(27-11-5-3-6-12-27)41-38(43-39)28-13-7-4-8-14-28/h3*3-25H,1-2H3. The van der Waals surface area contributed by atoms with E-state index in [9.17, 15) is 0 Å². The van der Waals surface area contributed by atoms with Gasteiger partial charge in [0.25, 0.3) is 0 Å². The molecule has 129 heavy (non-hydrogen) atoms. The summed E-state index contributed by atoms with van der Waals surface area (Å²) >= 11 is 0. The highest BCUT2D eigenvalue weighted by molar-refractivity contribution is 6.05. The van der Waals surface area contributed by atoms with Crippen molar-refractivity contribution >= 4 is 32.3 Å². The van der Waals surface area contributed by atoms with Crippen molar-refractivity contribution in [3.8, 4) is 169 Å². The maximum Gasteiger partial charge on any atom is 0.164 e. The van der Waals surface area contributed by atoms with E-state index in [0.717, 1.165) is 66.8 Å². The van der Waals surface area contributed by atoms with Gasteiger partial charge in [0.1, 0.15) is 0 Å². The molecule has 0 spiro atoms. The van der Waals surface area contributed by atoms with Crippen molar-refractivity contribution in [2.24, 2.45) is 0 Å². The van der Waals surface area contributed by atoms with E-state index >= 15 is 0 Å². The Morgan fingerprint density at radius 1 is 0.140 bits per heavy atom. The molecular formula is C120H87N9. The molecular weight excluding hydrogens is 1570 g/mol. The van der Waals surface area contributed by atoms with Crippen LogP contribution in [0.15, 0.2) is 419 Å². The number of rotatable bonds is 12. The minimum atomic E-state index is -0.0710. The number of aromatic nitrogens is 9. The van der Waals surface area contributed by atoms with Crippen LogP contribution >= 0.6 is 0 Å². The quantitative estimate of drug-likeness (QED) is 0.118. The summed E-state index contributed by atoms with van der Waals surface area (Å²) in [7, 11) is 0. The van der Waals surface area contributed by atoms with Gasteiger partial charge in [0.15, 0.2) is 52.4 Å². The smallest absolute Gasteiger partial charge is 0.164 e. The maximum atomic E-state index is 4.96. The molecule has 0 bridgehead atoms. The maximum absolute atomic E-state index is 4.96. The lowest BCUT2D eigenvalue weighted by atomic mass is 9.79. The van der Waals surface area contributed by atoms with E-state index in [1.807, 2.05) is 182 Å². The van der Waals surface area contributed by atoms with E-state index in [0.29, 0.717) is 52.4 Å². The monoisotopic (exact) mass is 1650 g/mol. The molecule has 0 atom stereocenters. The zero-order chi connectivity index (χ0) is 86.9. The highest BCUT2D eigenvalue weighted by Crippen LogP contribution is 2.55. The Balaban J connectivity index is 0.000000114. The summed E-state index contributed by atoms with van der Waals surface area (Å²) < 4.78 is 0. The van der Waals surface area contributed by atoms with Gasteiger partial charge in [0, 0.05) is 66.3 Å². The molecule has 0 radical (unpaired) electrons. The Labute approximate surface area is 751 Å². The Hall–Kier alpha value is -16.2. The van der Waals surface area contributed by atoms with Crippen molar-refractivity contribution in [2.45, 2.75) is 57.8 Å². The first-order valence-electron chi connectivity index (χ1n) is 44.1. The summed E-state index contributed by atoms with van der Waals surface area (Å²) in [5, 5.41) is 7.71. The summed E-state index contributed by atoms with van der Waals surface area (Å²) in [5.41, 5.74) is 32.0. The van der Waals surface area contributed by atoms with Gasteiger partial charge < -0.3 is 0 Å². The largest absolute Gasteiger partial charge is 0.208 e. The van der Waals surface area contributed by atoms with Crippen LogP contribution in [0, 0.1) is 0 Å². The topological polar surface area (TPSA) is 116 Å². The van der Waals surface area contributed by atoms with Gasteiger partial charge in [-0.1, -0.05) is 436 Å². The third kappa shape index (κ3) is 14.4. The van der Waals surface area contributed by atoms with Crippen molar-refractivity contribution in [1.82, 2.24) is 44.9 Å². The highest BCUT2D eigenvalue weighted by Gasteiger charge is 2.40. The van der Waals surface area contributed by atoms with E-state index in [1.165, 1.54) is 116 Å². The molecule has 18 aromatic carbocycles. The molecule has 0 fully saturated rings. The third-order valence-corrected chi connectivity index (χ3v) is 26.1. The third-order valence-electron chi connectivity index (χ3n) is 26.1. The van der Waals surface area contributed by atoms with Crippen molar-refractivity contribution in [1.29, 1.82) is 0 Å². The summed E-state index contributed by atoms with van der Waals surface area (Å²) in [6, 6.07) is 147. The first kappa shape index (κ1) is 78.7. The van der Waals surface area contributed by atoms with Gasteiger partial charge in [0.2, 0.25) is 0 Å². The number of hydrogen-bond donors (Lipinski definition) is 0. The van der Waals surface area contributed by atoms with Crippen molar-refractivity contribution < 1.29 is 0 Å². The average molecular weight is 1660 g/mol. The van der Waals surface area contributed by atoms with Gasteiger partial charge in [-0.05, 0) is 157 Å². The van der Waals surface area contributed by atoms with Crippen LogP contribution in [0.5, 0.6) is 0 Å². The summed E-state index contributed by atoms with van der Waals surface area (Å²) in [4.78, 5) is 44.1. The molecule has 9 heteroatoms. The molecule has 0 saturated carbocycles. The zero-order valence-corrected chi connectivity index (χ0v) is 72.4. The van der Waals surface area contributed by atoms with E-state index in [-0.39, 0.29) is 16.2 Å². The van der Waals surface area contributed by atoms with Crippen LogP contribution in [0.1, 0.15) is 74.9 Å². The lowest BCUT2D eigenvalue weighted by Gasteiger charge is -2.23. The van der Waals surface area contributed by atoms with E-state index in [4.69, 9.17) is 44.9 Å². The fraction of sp³-hybridized carbons (Fsp3) is 0.0750. The van der Waals surface area contributed by atoms with Gasteiger partial charge in [-0.15, -0.1) is 0 Å².